The Morgan fingerprint density at radius 2 is 1.61 bits per heavy atom. The summed E-state index contributed by atoms with van der Waals surface area (Å²) in [5.74, 6) is 0.710. The van der Waals surface area contributed by atoms with Crippen molar-refractivity contribution >= 4 is 23.2 Å². The second-order valence-corrected chi connectivity index (χ2v) is 5.48. The molecular formula is C15H23Cl2N. The zero-order chi connectivity index (χ0) is 13.5. The van der Waals surface area contributed by atoms with E-state index >= 15 is 0 Å². The van der Waals surface area contributed by atoms with Gasteiger partial charge in [0, 0.05) is 21.7 Å². The molecule has 0 bridgehead atoms. The van der Waals surface area contributed by atoms with E-state index in [0.29, 0.717) is 5.92 Å². The summed E-state index contributed by atoms with van der Waals surface area (Å²) in [4.78, 5) is 0. The Morgan fingerprint density at radius 3 is 2.06 bits per heavy atom. The van der Waals surface area contributed by atoms with Crippen LogP contribution < -0.4 is 5.32 Å². The van der Waals surface area contributed by atoms with Crippen LogP contribution in [0.5, 0.6) is 0 Å². The average Bonchev–Trinajstić information content (AvgIpc) is 2.35. The van der Waals surface area contributed by atoms with Gasteiger partial charge in [0.2, 0.25) is 0 Å². The lowest BCUT2D eigenvalue weighted by molar-refractivity contribution is 0.376. The molecule has 18 heavy (non-hydrogen) atoms. The largest absolute Gasteiger partial charge is 0.310 e. The molecule has 0 aliphatic heterocycles. The third-order valence-corrected chi connectivity index (χ3v) is 4.18. The summed E-state index contributed by atoms with van der Waals surface area (Å²) in [7, 11) is 0. The highest BCUT2D eigenvalue weighted by atomic mass is 35.5. The smallest absolute Gasteiger partial charge is 0.0468 e. The molecule has 0 saturated carbocycles. The lowest BCUT2D eigenvalue weighted by Gasteiger charge is -2.24. The molecule has 0 spiro atoms. The second kappa shape index (κ2) is 8.04. The fourth-order valence-corrected chi connectivity index (χ4v) is 3.01. The van der Waals surface area contributed by atoms with Crippen LogP contribution in [-0.2, 0) is 0 Å². The van der Waals surface area contributed by atoms with E-state index in [0.717, 1.165) is 28.6 Å². The van der Waals surface area contributed by atoms with Crippen molar-refractivity contribution in [3.05, 3.63) is 33.8 Å². The van der Waals surface area contributed by atoms with E-state index < -0.39 is 0 Å². The van der Waals surface area contributed by atoms with E-state index in [1.54, 1.807) is 0 Å². The Balaban J connectivity index is 2.96. The van der Waals surface area contributed by atoms with E-state index in [-0.39, 0.29) is 6.04 Å². The lowest BCUT2D eigenvalue weighted by Crippen LogP contribution is -2.24. The molecule has 0 aromatic heterocycles. The Labute approximate surface area is 121 Å². The van der Waals surface area contributed by atoms with Crippen molar-refractivity contribution < 1.29 is 0 Å². The quantitative estimate of drug-likeness (QED) is 0.701. The summed E-state index contributed by atoms with van der Waals surface area (Å²) < 4.78 is 0. The van der Waals surface area contributed by atoms with Crippen LogP contribution in [0.3, 0.4) is 0 Å². The number of rotatable bonds is 7. The second-order valence-electron chi connectivity index (χ2n) is 4.66. The van der Waals surface area contributed by atoms with E-state index in [2.05, 4.69) is 26.1 Å². The van der Waals surface area contributed by atoms with Crippen LogP contribution in [-0.4, -0.2) is 6.54 Å². The molecular weight excluding hydrogens is 265 g/mol. The van der Waals surface area contributed by atoms with Crippen LogP contribution in [0.15, 0.2) is 18.2 Å². The van der Waals surface area contributed by atoms with Crippen molar-refractivity contribution in [2.45, 2.75) is 46.1 Å². The SMILES string of the molecule is CCNC(CC(CC)CC)c1c(Cl)cccc1Cl. The zero-order valence-electron chi connectivity index (χ0n) is 11.5. The van der Waals surface area contributed by atoms with Gasteiger partial charge in [-0.25, -0.2) is 0 Å². The Kier molecular flexibility index (Phi) is 7.06. The van der Waals surface area contributed by atoms with Gasteiger partial charge in [0.05, 0.1) is 0 Å². The predicted molar refractivity (Wildman–Crippen MR) is 81.6 cm³/mol. The summed E-state index contributed by atoms with van der Waals surface area (Å²) >= 11 is 12.6. The Hall–Kier alpha value is -0.240. The number of nitrogens with one attached hydrogen (secondary N) is 1. The molecule has 1 rings (SSSR count). The molecule has 1 aromatic rings. The van der Waals surface area contributed by atoms with E-state index in [1.807, 2.05) is 18.2 Å². The van der Waals surface area contributed by atoms with Gasteiger partial charge in [-0.05, 0) is 31.0 Å². The minimum atomic E-state index is 0.251. The maximum absolute atomic E-state index is 6.31. The van der Waals surface area contributed by atoms with Crippen LogP contribution in [0, 0.1) is 5.92 Å². The fourth-order valence-electron chi connectivity index (χ4n) is 2.35. The summed E-state index contributed by atoms with van der Waals surface area (Å²) in [6.45, 7) is 7.52. The Bertz CT molecular complexity index is 341. The topological polar surface area (TPSA) is 12.0 Å². The summed E-state index contributed by atoms with van der Waals surface area (Å²) in [6.07, 6.45) is 3.48. The highest BCUT2D eigenvalue weighted by molar-refractivity contribution is 6.36. The monoisotopic (exact) mass is 287 g/mol. The van der Waals surface area contributed by atoms with Crippen molar-refractivity contribution in [1.82, 2.24) is 5.32 Å². The highest BCUT2D eigenvalue weighted by Crippen LogP contribution is 2.34. The zero-order valence-corrected chi connectivity index (χ0v) is 13.0. The number of hydrogen-bond donors (Lipinski definition) is 1. The highest BCUT2D eigenvalue weighted by Gasteiger charge is 2.20. The molecule has 0 amide bonds. The van der Waals surface area contributed by atoms with Gasteiger partial charge in [-0.15, -0.1) is 0 Å². The molecule has 3 heteroatoms. The van der Waals surface area contributed by atoms with Gasteiger partial charge in [-0.1, -0.05) is 62.9 Å². The van der Waals surface area contributed by atoms with E-state index in [1.165, 1.54) is 12.8 Å². The molecule has 0 aliphatic rings. The number of hydrogen-bond acceptors (Lipinski definition) is 1. The van der Waals surface area contributed by atoms with Gasteiger partial charge in [0.25, 0.3) is 0 Å². The molecule has 1 atom stereocenters. The normalized spacial score (nSPS) is 13.0. The molecule has 1 N–H and O–H groups in total. The molecule has 102 valence electrons. The van der Waals surface area contributed by atoms with Crippen molar-refractivity contribution in [1.29, 1.82) is 0 Å². The van der Waals surface area contributed by atoms with Gasteiger partial charge in [-0.2, -0.15) is 0 Å². The third kappa shape index (κ3) is 4.15. The average molecular weight is 288 g/mol. The molecule has 0 aliphatic carbocycles. The maximum atomic E-state index is 6.31. The van der Waals surface area contributed by atoms with E-state index in [4.69, 9.17) is 23.2 Å². The molecule has 1 unspecified atom stereocenters. The standard InChI is InChI=1S/C15H23Cl2N/c1-4-11(5-2)10-14(18-6-3)15-12(16)8-7-9-13(15)17/h7-9,11,14,18H,4-6,10H2,1-3H3. The maximum Gasteiger partial charge on any atom is 0.0468 e. The van der Waals surface area contributed by atoms with Gasteiger partial charge < -0.3 is 5.32 Å². The lowest BCUT2D eigenvalue weighted by atomic mass is 9.91. The first-order chi connectivity index (χ1) is 8.63. The van der Waals surface area contributed by atoms with Gasteiger partial charge in [0.15, 0.2) is 0 Å². The fraction of sp³-hybridized carbons (Fsp3) is 0.600. The van der Waals surface area contributed by atoms with Crippen LogP contribution >= 0.6 is 23.2 Å². The molecule has 0 heterocycles. The molecule has 0 saturated heterocycles. The van der Waals surface area contributed by atoms with Crippen molar-refractivity contribution in [2.24, 2.45) is 5.92 Å². The predicted octanol–water partition coefficient (Wildman–Crippen LogP) is 5.47. The van der Waals surface area contributed by atoms with Crippen LogP contribution in [0.4, 0.5) is 0 Å². The van der Waals surface area contributed by atoms with Gasteiger partial charge in [0.1, 0.15) is 0 Å². The first-order valence-corrected chi connectivity index (χ1v) is 7.56. The summed E-state index contributed by atoms with van der Waals surface area (Å²) in [6, 6.07) is 5.98. The van der Waals surface area contributed by atoms with Crippen molar-refractivity contribution in [2.75, 3.05) is 6.54 Å². The number of benzene rings is 1. The van der Waals surface area contributed by atoms with Crippen LogP contribution in [0.25, 0.3) is 0 Å². The van der Waals surface area contributed by atoms with Crippen molar-refractivity contribution in [3.63, 3.8) is 0 Å². The van der Waals surface area contributed by atoms with Crippen molar-refractivity contribution in [3.8, 4) is 0 Å². The molecule has 0 radical (unpaired) electrons. The summed E-state index contributed by atoms with van der Waals surface area (Å²) in [5, 5.41) is 5.04. The van der Waals surface area contributed by atoms with Gasteiger partial charge >= 0.3 is 0 Å². The molecule has 1 nitrogen and oxygen atoms in total. The van der Waals surface area contributed by atoms with Gasteiger partial charge in [-0.3, -0.25) is 0 Å². The first-order valence-electron chi connectivity index (χ1n) is 6.81. The number of halogens is 2. The van der Waals surface area contributed by atoms with Crippen LogP contribution in [0.1, 0.15) is 51.6 Å². The first kappa shape index (κ1) is 15.8. The third-order valence-electron chi connectivity index (χ3n) is 3.52. The minimum absolute atomic E-state index is 0.251. The molecule has 1 aromatic carbocycles. The van der Waals surface area contributed by atoms with E-state index in [9.17, 15) is 0 Å². The Morgan fingerprint density at radius 1 is 1.06 bits per heavy atom. The summed E-state index contributed by atoms with van der Waals surface area (Å²) in [5.41, 5.74) is 1.05. The minimum Gasteiger partial charge on any atom is -0.310 e. The molecule has 0 fully saturated rings. The van der Waals surface area contributed by atoms with Crippen LogP contribution in [0.2, 0.25) is 10.0 Å².